The molecule has 134 valence electrons. The molecule has 0 spiro atoms. The van der Waals surface area contributed by atoms with E-state index in [4.69, 9.17) is 5.73 Å². The fourth-order valence-electron chi connectivity index (χ4n) is 2.41. The summed E-state index contributed by atoms with van der Waals surface area (Å²) in [5, 5.41) is 2.58. The number of hydrogen-bond acceptors (Lipinski definition) is 3. The van der Waals surface area contributed by atoms with Crippen LogP contribution in [0.5, 0.6) is 0 Å². The first-order valence-corrected chi connectivity index (χ1v) is 7.57. The van der Waals surface area contributed by atoms with Crippen molar-refractivity contribution in [1.82, 2.24) is 4.90 Å². The molecule has 1 saturated heterocycles. The number of nitrogens with one attached hydrogen (secondary N) is 1. The van der Waals surface area contributed by atoms with E-state index >= 15 is 0 Å². The Morgan fingerprint density at radius 2 is 2.08 bits per heavy atom. The van der Waals surface area contributed by atoms with E-state index in [-0.39, 0.29) is 25.4 Å². The molecule has 10 heteroatoms. The molecule has 24 heavy (non-hydrogen) atoms. The second-order valence-corrected chi connectivity index (χ2v) is 6.38. The highest BCUT2D eigenvalue weighted by Gasteiger charge is 2.40. The van der Waals surface area contributed by atoms with Gasteiger partial charge >= 0.3 is 6.18 Å². The first kappa shape index (κ1) is 20.6. The summed E-state index contributed by atoms with van der Waals surface area (Å²) in [6.07, 6.45) is -4.72. The quantitative estimate of drug-likeness (QED) is 0.724. The highest BCUT2D eigenvalue weighted by molar-refractivity contribution is 9.10. The molecule has 3 N–H and O–H groups in total. The summed E-state index contributed by atoms with van der Waals surface area (Å²) in [6, 6.07) is 3.37. The fourth-order valence-corrected chi connectivity index (χ4v) is 2.98. The van der Waals surface area contributed by atoms with Gasteiger partial charge in [0.05, 0.1) is 17.3 Å². The van der Waals surface area contributed by atoms with Crippen molar-refractivity contribution in [2.45, 2.75) is 19.5 Å². The number of carbonyl (C=O) groups is 2. The highest BCUT2D eigenvalue weighted by Crippen LogP contribution is 2.29. The predicted molar refractivity (Wildman–Crippen MR) is 89.9 cm³/mol. The Bertz CT molecular complexity index is 655. The molecular weight excluding hydrogens is 415 g/mol. The van der Waals surface area contributed by atoms with Gasteiger partial charge in [0.25, 0.3) is 0 Å². The Morgan fingerprint density at radius 1 is 1.46 bits per heavy atom. The molecule has 5 nitrogen and oxygen atoms in total. The highest BCUT2D eigenvalue weighted by atomic mass is 79.9. The van der Waals surface area contributed by atoms with Gasteiger partial charge in [-0.05, 0) is 24.6 Å². The van der Waals surface area contributed by atoms with Gasteiger partial charge < -0.3 is 16.0 Å². The van der Waals surface area contributed by atoms with Gasteiger partial charge in [0.1, 0.15) is 6.54 Å². The van der Waals surface area contributed by atoms with Crippen LogP contribution in [-0.2, 0) is 9.59 Å². The van der Waals surface area contributed by atoms with Crippen LogP contribution in [0.2, 0.25) is 0 Å². The molecule has 1 aliphatic rings. The van der Waals surface area contributed by atoms with E-state index in [0.29, 0.717) is 20.7 Å². The lowest BCUT2D eigenvalue weighted by Crippen LogP contribution is -2.36. The maximum Gasteiger partial charge on any atom is 0.406 e. The van der Waals surface area contributed by atoms with Gasteiger partial charge in [-0.2, -0.15) is 13.2 Å². The molecule has 0 aromatic heterocycles. The van der Waals surface area contributed by atoms with Crippen molar-refractivity contribution in [1.29, 1.82) is 0 Å². The third kappa shape index (κ3) is 5.01. The first-order valence-electron chi connectivity index (χ1n) is 6.78. The second kappa shape index (κ2) is 7.60. The lowest BCUT2D eigenvalue weighted by atomic mass is 10.1. The second-order valence-electron chi connectivity index (χ2n) is 5.46. The number of likely N-dealkylation sites (tertiary alicyclic amines) is 1. The molecule has 2 amide bonds. The predicted octanol–water partition coefficient (Wildman–Crippen LogP) is 3.11. The van der Waals surface area contributed by atoms with E-state index in [0.717, 1.165) is 5.56 Å². The monoisotopic (exact) mass is 429 g/mol. The zero-order valence-electron chi connectivity index (χ0n) is 12.6. The number of rotatable bonds is 3. The van der Waals surface area contributed by atoms with Crippen LogP contribution in [0, 0.1) is 12.8 Å². The van der Waals surface area contributed by atoms with Gasteiger partial charge in [-0.3, -0.25) is 9.59 Å². The summed E-state index contributed by atoms with van der Waals surface area (Å²) in [4.78, 5) is 24.5. The lowest BCUT2D eigenvalue weighted by molar-refractivity contribution is -0.157. The molecule has 0 radical (unpaired) electrons. The van der Waals surface area contributed by atoms with Crippen molar-refractivity contribution < 1.29 is 22.8 Å². The summed E-state index contributed by atoms with van der Waals surface area (Å²) in [5.74, 6) is -2.03. The molecule has 2 rings (SSSR count). The third-order valence-electron chi connectivity index (χ3n) is 3.56. The maximum atomic E-state index is 12.4. The number of alkyl halides is 3. The van der Waals surface area contributed by atoms with Gasteiger partial charge in [0.2, 0.25) is 11.8 Å². The van der Waals surface area contributed by atoms with E-state index in [2.05, 4.69) is 21.2 Å². The Hall–Kier alpha value is -1.48. The first-order chi connectivity index (χ1) is 10.6. The third-order valence-corrected chi connectivity index (χ3v) is 4.02. The average molecular weight is 431 g/mol. The summed E-state index contributed by atoms with van der Waals surface area (Å²) < 4.78 is 37.9. The van der Waals surface area contributed by atoms with E-state index in [1.54, 1.807) is 19.1 Å². The number of aryl methyl sites for hydroxylation is 1. The Morgan fingerprint density at radius 3 is 2.67 bits per heavy atom. The number of carbonyl (C=O) groups excluding carboxylic acids is 2. The zero-order chi connectivity index (χ0) is 17.4. The van der Waals surface area contributed by atoms with Crippen molar-refractivity contribution >= 4 is 51.5 Å². The number of halogens is 5. The number of nitrogens with zero attached hydrogens (tertiary/aromatic N) is 1. The van der Waals surface area contributed by atoms with Crippen LogP contribution in [0.1, 0.15) is 12.0 Å². The minimum Gasteiger partial charge on any atom is -0.397 e. The van der Waals surface area contributed by atoms with Crippen LogP contribution in [0.4, 0.5) is 24.5 Å². The van der Waals surface area contributed by atoms with Crippen LogP contribution < -0.4 is 11.1 Å². The number of anilines is 2. The number of nitrogen functional groups attached to an aromatic ring is 1. The standard InChI is InChI=1S/C14H15BrF3N3O2.ClH/c1-7-2-9(15)4-10(12(7)19)20-13(23)8-3-11(22)21(5-8)6-14(16,17)18;/h2,4,8H,3,5-6,19H2,1H3,(H,20,23);1H. The minimum atomic E-state index is -4.48. The molecule has 1 aliphatic heterocycles. The minimum absolute atomic E-state index is 0. The van der Waals surface area contributed by atoms with Crippen molar-refractivity contribution in [3.05, 3.63) is 22.2 Å². The number of amides is 2. The topological polar surface area (TPSA) is 75.4 Å². The summed E-state index contributed by atoms with van der Waals surface area (Å²) in [6.45, 7) is 0.171. The molecule has 0 saturated carbocycles. The normalized spacial score (nSPS) is 17.6. The van der Waals surface area contributed by atoms with Crippen molar-refractivity contribution in [2.75, 3.05) is 24.1 Å². The van der Waals surface area contributed by atoms with Gasteiger partial charge in [-0.15, -0.1) is 12.4 Å². The van der Waals surface area contributed by atoms with Gasteiger partial charge in [0, 0.05) is 17.4 Å². The average Bonchev–Trinajstić information content (AvgIpc) is 2.75. The zero-order valence-corrected chi connectivity index (χ0v) is 15.0. The largest absolute Gasteiger partial charge is 0.406 e. The van der Waals surface area contributed by atoms with Crippen molar-refractivity contribution in [3.63, 3.8) is 0 Å². The summed E-state index contributed by atoms with van der Waals surface area (Å²) >= 11 is 3.28. The van der Waals surface area contributed by atoms with Crippen LogP contribution in [0.25, 0.3) is 0 Å². The van der Waals surface area contributed by atoms with E-state index in [1.807, 2.05) is 0 Å². The van der Waals surface area contributed by atoms with Crippen molar-refractivity contribution in [3.8, 4) is 0 Å². The molecule has 1 fully saturated rings. The molecule has 1 aromatic carbocycles. The number of nitrogens with two attached hydrogens (primary N) is 1. The summed E-state index contributed by atoms with van der Waals surface area (Å²) in [5.41, 5.74) is 7.36. The van der Waals surface area contributed by atoms with Crippen LogP contribution in [0.3, 0.4) is 0 Å². The number of benzene rings is 1. The van der Waals surface area contributed by atoms with E-state index in [1.165, 1.54) is 0 Å². The lowest BCUT2D eigenvalue weighted by Gasteiger charge is -2.18. The van der Waals surface area contributed by atoms with Gasteiger partial charge in [-0.1, -0.05) is 15.9 Å². The van der Waals surface area contributed by atoms with Gasteiger partial charge in [0.15, 0.2) is 0 Å². The Kier molecular flexibility index (Phi) is 6.52. The molecule has 1 atom stereocenters. The molecule has 1 heterocycles. The molecule has 0 bridgehead atoms. The fraction of sp³-hybridized carbons (Fsp3) is 0.429. The van der Waals surface area contributed by atoms with Crippen LogP contribution in [-0.4, -0.2) is 36.0 Å². The smallest absolute Gasteiger partial charge is 0.397 e. The summed E-state index contributed by atoms with van der Waals surface area (Å²) in [7, 11) is 0. The van der Waals surface area contributed by atoms with E-state index in [9.17, 15) is 22.8 Å². The molecular formula is C14H16BrClF3N3O2. The Labute approximate surface area is 151 Å². The SMILES string of the molecule is Cc1cc(Br)cc(NC(=O)C2CC(=O)N(CC(F)(F)F)C2)c1N.Cl. The molecule has 0 aliphatic carbocycles. The molecule has 1 aromatic rings. The van der Waals surface area contributed by atoms with Crippen LogP contribution in [0.15, 0.2) is 16.6 Å². The Balaban J connectivity index is 0.00000288. The van der Waals surface area contributed by atoms with E-state index < -0.39 is 30.5 Å². The van der Waals surface area contributed by atoms with Crippen LogP contribution >= 0.6 is 28.3 Å². The number of hydrogen-bond donors (Lipinski definition) is 2. The van der Waals surface area contributed by atoms with Gasteiger partial charge in [-0.25, -0.2) is 0 Å². The molecule has 1 unspecified atom stereocenters. The maximum absolute atomic E-state index is 12.4. The van der Waals surface area contributed by atoms with Crippen molar-refractivity contribution in [2.24, 2.45) is 5.92 Å².